The van der Waals surface area contributed by atoms with Crippen LogP contribution >= 0.6 is 0 Å². The summed E-state index contributed by atoms with van der Waals surface area (Å²) >= 11 is 0. The summed E-state index contributed by atoms with van der Waals surface area (Å²) in [7, 11) is 0. The lowest BCUT2D eigenvalue weighted by molar-refractivity contribution is -0.384. The fourth-order valence-corrected chi connectivity index (χ4v) is 2.81. The van der Waals surface area contributed by atoms with Gasteiger partial charge in [-0.25, -0.2) is 0 Å². The molecule has 1 aliphatic rings. The van der Waals surface area contributed by atoms with Gasteiger partial charge in [-0.1, -0.05) is 13.3 Å². The first-order valence-corrected chi connectivity index (χ1v) is 7.09. The van der Waals surface area contributed by atoms with Crippen LogP contribution < -0.4 is 5.32 Å². The zero-order valence-corrected chi connectivity index (χ0v) is 11.6. The van der Waals surface area contributed by atoms with Crippen molar-refractivity contribution in [3.05, 3.63) is 33.9 Å². The molecule has 5 heteroatoms. The Bertz CT molecular complexity index is 528. The molecule has 0 heterocycles. The van der Waals surface area contributed by atoms with E-state index in [-0.39, 0.29) is 5.69 Å². The third-order valence-corrected chi connectivity index (χ3v) is 4.11. The maximum Gasteiger partial charge on any atom is 0.293 e. The number of hydrogen-bond acceptors (Lipinski definition) is 4. The van der Waals surface area contributed by atoms with E-state index in [4.69, 9.17) is 5.26 Å². The summed E-state index contributed by atoms with van der Waals surface area (Å²) in [6, 6.07) is 6.82. The minimum atomic E-state index is -0.430. The maximum atomic E-state index is 11.1. The number of nitrogens with one attached hydrogen (secondary N) is 1. The summed E-state index contributed by atoms with van der Waals surface area (Å²) in [5, 5.41) is 23.2. The SMILES string of the molecule is CCC1CCC(Nc2ccc(C#N)cc2[N+](=O)[O-])CC1. The van der Waals surface area contributed by atoms with E-state index in [1.807, 2.05) is 6.07 Å². The van der Waals surface area contributed by atoms with Crippen LogP contribution in [0.1, 0.15) is 44.6 Å². The van der Waals surface area contributed by atoms with Gasteiger partial charge in [-0.2, -0.15) is 5.26 Å². The summed E-state index contributed by atoms with van der Waals surface area (Å²) in [5.74, 6) is 0.795. The molecule has 0 bridgehead atoms. The average Bonchev–Trinajstić information content (AvgIpc) is 2.48. The number of nitriles is 1. The number of nitro benzene ring substituents is 1. The summed E-state index contributed by atoms with van der Waals surface area (Å²) < 4.78 is 0. The number of hydrogen-bond donors (Lipinski definition) is 1. The van der Waals surface area contributed by atoms with E-state index in [0.29, 0.717) is 17.3 Å². The van der Waals surface area contributed by atoms with Crippen molar-refractivity contribution >= 4 is 11.4 Å². The Morgan fingerprint density at radius 3 is 2.65 bits per heavy atom. The highest BCUT2D eigenvalue weighted by Crippen LogP contribution is 2.31. The maximum absolute atomic E-state index is 11.1. The van der Waals surface area contributed by atoms with E-state index in [2.05, 4.69) is 12.2 Å². The van der Waals surface area contributed by atoms with Gasteiger partial charge in [-0.05, 0) is 43.7 Å². The lowest BCUT2D eigenvalue weighted by Gasteiger charge is -2.29. The number of benzene rings is 1. The third-order valence-electron chi connectivity index (χ3n) is 4.11. The molecule has 20 heavy (non-hydrogen) atoms. The summed E-state index contributed by atoms with van der Waals surface area (Å²) in [6.45, 7) is 2.21. The number of nitro groups is 1. The lowest BCUT2D eigenvalue weighted by atomic mass is 9.84. The van der Waals surface area contributed by atoms with Crippen molar-refractivity contribution in [1.29, 1.82) is 5.26 Å². The van der Waals surface area contributed by atoms with Crippen molar-refractivity contribution in [3.63, 3.8) is 0 Å². The number of rotatable bonds is 4. The first kappa shape index (κ1) is 14.3. The van der Waals surface area contributed by atoms with Gasteiger partial charge in [0.25, 0.3) is 5.69 Å². The van der Waals surface area contributed by atoms with E-state index in [1.165, 1.54) is 25.3 Å². The zero-order chi connectivity index (χ0) is 14.5. The van der Waals surface area contributed by atoms with Gasteiger partial charge in [-0.15, -0.1) is 0 Å². The molecular formula is C15H19N3O2. The molecule has 1 aromatic rings. The predicted molar refractivity (Wildman–Crippen MR) is 77.5 cm³/mol. The van der Waals surface area contributed by atoms with Crippen LogP contribution in [0.2, 0.25) is 0 Å². The first-order valence-electron chi connectivity index (χ1n) is 7.09. The van der Waals surface area contributed by atoms with E-state index < -0.39 is 4.92 Å². The van der Waals surface area contributed by atoms with Gasteiger partial charge in [-0.3, -0.25) is 10.1 Å². The molecule has 0 spiro atoms. The molecular weight excluding hydrogens is 254 g/mol. The molecule has 106 valence electrons. The molecule has 1 aliphatic carbocycles. The second kappa shape index (κ2) is 6.38. The quantitative estimate of drug-likeness (QED) is 0.667. The second-order valence-corrected chi connectivity index (χ2v) is 5.37. The molecule has 0 aromatic heterocycles. The molecule has 0 unspecified atom stereocenters. The van der Waals surface area contributed by atoms with Gasteiger partial charge in [0.2, 0.25) is 0 Å². The Morgan fingerprint density at radius 1 is 1.40 bits per heavy atom. The lowest BCUT2D eigenvalue weighted by Crippen LogP contribution is -2.26. The Labute approximate surface area is 118 Å². The van der Waals surface area contributed by atoms with Gasteiger partial charge in [0.15, 0.2) is 0 Å². The average molecular weight is 273 g/mol. The van der Waals surface area contributed by atoms with Crippen LogP contribution in [0.3, 0.4) is 0 Å². The van der Waals surface area contributed by atoms with Crippen molar-refractivity contribution in [3.8, 4) is 6.07 Å². The highest BCUT2D eigenvalue weighted by Gasteiger charge is 2.22. The smallest absolute Gasteiger partial charge is 0.293 e. The van der Waals surface area contributed by atoms with Crippen molar-refractivity contribution in [2.24, 2.45) is 5.92 Å². The van der Waals surface area contributed by atoms with Crippen LogP contribution in [0.5, 0.6) is 0 Å². The molecule has 0 aliphatic heterocycles. The Morgan fingerprint density at radius 2 is 2.10 bits per heavy atom. The van der Waals surface area contributed by atoms with E-state index >= 15 is 0 Å². The fourth-order valence-electron chi connectivity index (χ4n) is 2.81. The predicted octanol–water partition coefficient (Wildman–Crippen LogP) is 3.85. The topological polar surface area (TPSA) is 79.0 Å². The minimum Gasteiger partial charge on any atom is -0.377 e. The van der Waals surface area contributed by atoms with Gasteiger partial charge in [0.05, 0.1) is 16.6 Å². The first-order chi connectivity index (χ1) is 9.63. The molecule has 1 saturated carbocycles. The highest BCUT2D eigenvalue weighted by atomic mass is 16.6. The minimum absolute atomic E-state index is 0.0123. The van der Waals surface area contributed by atoms with Crippen LogP contribution in [0.25, 0.3) is 0 Å². The summed E-state index contributed by atoms with van der Waals surface area (Å²) in [5.41, 5.74) is 0.826. The van der Waals surface area contributed by atoms with Gasteiger partial charge in [0.1, 0.15) is 5.69 Å². The molecule has 1 N–H and O–H groups in total. The van der Waals surface area contributed by atoms with Crippen LogP contribution in [0, 0.1) is 27.4 Å². The summed E-state index contributed by atoms with van der Waals surface area (Å²) in [6.07, 6.45) is 5.67. The monoisotopic (exact) mass is 273 g/mol. The van der Waals surface area contributed by atoms with Gasteiger partial charge < -0.3 is 5.32 Å². The van der Waals surface area contributed by atoms with Crippen LogP contribution in [-0.4, -0.2) is 11.0 Å². The number of nitrogens with zero attached hydrogens (tertiary/aromatic N) is 2. The number of anilines is 1. The van der Waals surface area contributed by atoms with Crippen molar-refractivity contribution < 1.29 is 4.92 Å². The largest absolute Gasteiger partial charge is 0.377 e. The normalized spacial score (nSPS) is 22.0. The van der Waals surface area contributed by atoms with Crippen LogP contribution in [0.4, 0.5) is 11.4 Å². The molecule has 1 fully saturated rings. The van der Waals surface area contributed by atoms with Crippen molar-refractivity contribution in [2.75, 3.05) is 5.32 Å². The fraction of sp³-hybridized carbons (Fsp3) is 0.533. The second-order valence-electron chi connectivity index (χ2n) is 5.37. The Kier molecular flexibility index (Phi) is 4.57. The molecule has 5 nitrogen and oxygen atoms in total. The summed E-state index contributed by atoms with van der Waals surface area (Å²) in [4.78, 5) is 10.7. The standard InChI is InChI=1S/C15H19N3O2/c1-2-11-3-6-13(7-4-11)17-14-8-5-12(10-16)9-15(14)18(19)20/h5,8-9,11,13,17H,2-4,6-7H2,1H3. The molecule has 0 saturated heterocycles. The Hall–Kier alpha value is -2.09. The van der Waals surface area contributed by atoms with Gasteiger partial charge in [0, 0.05) is 12.1 Å². The van der Waals surface area contributed by atoms with Crippen LogP contribution in [-0.2, 0) is 0 Å². The van der Waals surface area contributed by atoms with E-state index in [9.17, 15) is 10.1 Å². The highest BCUT2D eigenvalue weighted by molar-refractivity contribution is 5.64. The Balaban J connectivity index is 2.10. The van der Waals surface area contributed by atoms with Crippen molar-refractivity contribution in [2.45, 2.75) is 45.1 Å². The van der Waals surface area contributed by atoms with Gasteiger partial charge >= 0.3 is 0 Å². The molecule has 0 atom stereocenters. The van der Waals surface area contributed by atoms with Crippen molar-refractivity contribution in [1.82, 2.24) is 0 Å². The molecule has 0 radical (unpaired) electrons. The molecule has 1 aromatic carbocycles. The molecule has 0 amide bonds. The van der Waals surface area contributed by atoms with E-state index in [1.54, 1.807) is 12.1 Å². The van der Waals surface area contributed by atoms with E-state index in [0.717, 1.165) is 18.8 Å². The van der Waals surface area contributed by atoms with Crippen LogP contribution in [0.15, 0.2) is 18.2 Å². The zero-order valence-electron chi connectivity index (χ0n) is 11.6. The third kappa shape index (κ3) is 3.27. The molecule has 2 rings (SSSR count).